The number of rotatable bonds is 7. The maximum atomic E-state index is 9.90. The number of hydrogen-bond acceptors (Lipinski definition) is 5. The van der Waals surface area contributed by atoms with Crippen molar-refractivity contribution in [3.63, 3.8) is 0 Å². The van der Waals surface area contributed by atoms with Crippen LogP contribution in [0.5, 0.6) is 5.75 Å². The number of nitrogens with zero attached hydrogens (tertiary/aromatic N) is 3. The van der Waals surface area contributed by atoms with Crippen LogP contribution in [0.3, 0.4) is 0 Å². The number of benzene rings is 1. The molecule has 2 rings (SSSR count). The molecule has 0 aliphatic rings. The summed E-state index contributed by atoms with van der Waals surface area (Å²) < 4.78 is 7.38. The molecule has 2 aromatic rings. The van der Waals surface area contributed by atoms with Crippen LogP contribution in [-0.2, 0) is 13.5 Å². The Morgan fingerprint density at radius 3 is 2.70 bits per heavy atom. The molecule has 0 saturated heterocycles. The van der Waals surface area contributed by atoms with Gasteiger partial charge in [-0.3, -0.25) is 0 Å². The summed E-state index contributed by atoms with van der Waals surface area (Å²) in [5.74, 6) is 1.31. The Morgan fingerprint density at radius 1 is 1.35 bits per heavy atom. The van der Waals surface area contributed by atoms with E-state index in [0.717, 1.165) is 17.3 Å². The molecule has 0 fully saturated rings. The SMILES string of the molecule is CCc1ccc(OC[C@H](O)CSc2nncn2C)cc1. The Kier molecular flexibility index (Phi) is 5.43. The van der Waals surface area contributed by atoms with Crippen LogP contribution in [0.1, 0.15) is 12.5 Å². The summed E-state index contributed by atoms with van der Waals surface area (Å²) in [7, 11) is 1.88. The molecule has 0 bridgehead atoms. The lowest BCUT2D eigenvalue weighted by Gasteiger charge is -2.12. The van der Waals surface area contributed by atoms with Crippen LogP contribution in [0, 0.1) is 0 Å². The Bertz CT molecular complexity index is 527. The van der Waals surface area contributed by atoms with Crippen molar-refractivity contribution in [2.45, 2.75) is 24.6 Å². The Hall–Kier alpha value is -1.53. The number of aromatic nitrogens is 3. The highest BCUT2D eigenvalue weighted by Crippen LogP contribution is 2.16. The minimum absolute atomic E-state index is 0.274. The summed E-state index contributed by atoms with van der Waals surface area (Å²) in [4.78, 5) is 0. The topological polar surface area (TPSA) is 60.2 Å². The maximum absolute atomic E-state index is 9.90. The summed E-state index contributed by atoms with van der Waals surface area (Å²) in [6, 6.07) is 7.94. The summed E-state index contributed by atoms with van der Waals surface area (Å²) >= 11 is 1.46. The Balaban J connectivity index is 1.74. The van der Waals surface area contributed by atoms with E-state index in [4.69, 9.17) is 4.74 Å². The minimum atomic E-state index is -0.539. The number of ether oxygens (including phenoxy) is 1. The zero-order chi connectivity index (χ0) is 14.4. The molecule has 1 atom stereocenters. The second kappa shape index (κ2) is 7.31. The highest BCUT2D eigenvalue weighted by atomic mass is 32.2. The predicted molar refractivity (Wildman–Crippen MR) is 79.0 cm³/mol. The summed E-state index contributed by atoms with van der Waals surface area (Å²) in [5.41, 5.74) is 1.27. The van der Waals surface area contributed by atoms with Crippen molar-refractivity contribution in [3.8, 4) is 5.75 Å². The van der Waals surface area contributed by atoms with E-state index < -0.39 is 6.10 Å². The second-order valence-corrected chi connectivity index (χ2v) is 5.48. The predicted octanol–water partition coefficient (Wildman–Crippen LogP) is 1.91. The molecule has 0 unspecified atom stereocenters. The van der Waals surface area contributed by atoms with Crippen LogP contribution in [0.2, 0.25) is 0 Å². The van der Waals surface area contributed by atoms with Crippen molar-refractivity contribution in [1.29, 1.82) is 0 Å². The molecule has 0 aliphatic carbocycles. The second-order valence-electron chi connectivity index (χ2n) is 4.50. The fourth-order valence-electron chi connectivity index (χ4n) is 1.64. The highest BCUT2D eigenvalue weighted by molar-refractivity contribution is 7.99. The molecule has 108 valence electrons. The average molecular weight is 293 g/mol. The van der Waals surface area contributed by atoms with Crippen LogP contribution in [0.15, 0.2) is 35.7 Å². The van der Waals surface area contributed by atoms with Crippen LogP contribution in [0.4, 0.5) is 0 Å². The lowest BCUT2D eigenvalue weighted by molar-refractivity contribution is 0.126. The van der Waals surface area contributed by atoms with Crippen molar-refractivity contribution in [2.75, 3.05) is 12.4 Å². The van der Waals surface area contributed by atoms with Crippen molar-refractivity contribution in [1.82, 2.24) is 14.8 Å². The van der Waals surface area contributed by atoms with Gasteiger partial charge in [0.2, 0.25) is 0 Å². The highest BCUT2D eigenvalue weighted by Gasteiger charge is 2.09. The van der Waals surface area contributed by atoms with E-state index in [0.29, 0.717) is 5.75 Å². The Morgan fingerprint density at radius 2 is 2.10 bits per heavy atom. The van der Waals surface area contributed by atoms with E-state index in [-0.39, 0.29) is 6.61 Å². The van der Waals surface area contributed by atoms with Gasteiger partial charge < -0.3 is 14.4 Å². The van der Waals surface area contributed by atoms with Crippen molar-refractivity contribution in [2.24, 2.45) is 7.05 Å². The molecule has 0 saturated carbocycles. The molecule has 5 nitrogen and oxygen atoms in total. The maximum Gasteiger partial charge on any atom is 0.190 e. The van der Waals surface area contributed by atoms with Gasteiger partial charge in [0.1, 0.15) is 18.7 Å². The van der Waals surface area contributed by atoms with Gasteiger partial charge in [0.25, 0.3) is 0 Å². The fraction of sp³-hybridized carbons (Fsp3) is 0.429. The lowest BCUT2D eigenvalue weighted by atomic mass is 10.2. The summed E-state index contributed by atoms with van der Waals surface area (Å²) in [6.07, 6.45) is 2.11. The van der Waals surface area contributed by atoms with Gasteiger partial charge in [0, 0.05) is 12.8 Å². The average Bonchev–Trinajstić information content (AvgIpc) is 2.89. The van der Waals surface area contributed by atoms with Crippen LogP contribution >= 0.6 is 11.8 Å². The first-order chi connectivity index (χ1) is 9.69. The molecule has 1 aromatic carbocycles. The molecule has 0 spiro atoms. The number of hydrogen-bond donors (Lipinski definition) is 1. The third-order valence-corrected chi connectivity index (χ3v) is 4.03. The van der Waals surface area contributed by atoms with Crippen LogP contribution < -0.4 is 4.74 Å². The fourth-order valence-corrected chi connectivity index (χ4v) is 2.43. The quantitative estimate of drug-likeness (QED) is 0.790. The zero-order valence-electron chi connectivity index (χ0n) is 11.7. The van der Waals surface area contributed by atoms with Gasteiger partial charge in [-0.25, -0.2) is 0 Å². The first-order valence-electron chi connectivity index (χ1n) is 6.55. The smallest absolute Gasteiger partial charge is 0.190 e. The molecular formula is C14H19N3O2S. The van der Waals surface area contributed by atoms with E-state index in [1.165, 1.54) is 17.3 Å². The van der Waals surface area contributed by atoms with Crippen molar-refractivity contribution < 1.29 is 9.84 Å². The molecule has 0 radical (unpaired) electrons. The summed E-state index contributed by atoms with van der Waals surface area (Å²) in [6.45, 7) is 2.39. The number of aliphatic hydroxyl groups excluding tert-OH is 1. The van der Waals surface area contributed by atoms with Gasteiger partial charge >= 0.3 is 0 Å². The third-order valence-electron chi connectivity index (χ3n) is 2.85. The van der Waals surface area contributed by atoms with Gasteiger partial charge in [-0.2, -0.15) is 0 Å². The van der Waals surface area contributed by atoms with Crippen LogP contribution in [0.25, 0.3) is 0 Å². The third kappa shape index (κ3) is 4.25. The van der Waals surface area contributed by atoms with E-state index in [1.807, 2.05) is 35.9 Å². The molecule has 1 heterocycles. The molecule has 20 heavy (non-hydrogen) atoms. The molecule has 0 amide bonds. The minimum Gasteiger partial charge on any atom is -0.491 e. The first-order valence-corrected chi connectivity index (χ1v) is 7.54. The molecular weight excluding hydrogens is 274 g/mol. The lowest BCUT2D eigenvalue weighted by Crippen LogP contribution is -2.20. The molecule has 1 N–H and O–H groups in total. The zero-order valence-corrected chi connectivity index (χ0v) is 12.5. The van der Waals surface area contributed by atoms with Crippen molar-refractivity contribution in [3.05, 3.63) is 36.2 Å². The largest absolute Gasteiger partial charge is 0.491 e. The molecule has 1 aromatic heterocycles. The monoisotopic (exact) mass is 293 g/mol. The van der Waals surface area contributed by atoms with Crippen molar-refractivity contribution >= 4 is 11.8 Å². The normalized spacial score (nSPS) is 12.3. The standard InChI is InChI=1S/C14H19N3O2S/c1-3-11-4-6-13(7-5-11)19-8-12(18)9-20-14-16-15-10-17(14)2/h4-7,10,12,18H,3,8-9H2,1-2H3/t12-/m0/s1. The van der Waals surface area contributed by atoms with Gasteiger partial charge in [-0.05, 0) is 24.1 Å². The van der Waals surface area contributed by atoms with Gasteiger partial charge in [0.05, 0.1) is 6.10 Å². The summed E-state index contributed by atoms with van der Waals surface area (Å²) in [5, 5.41) is 18.4. The van der Waals surface area contributed by atoms with Gasteiger partial charge in [-0.1, -0.05) is 30.8 Å². The van der Waals surface area contributed by atoms with Gasteiger partial charge in [-0.15, -0.1) is 10.2 Å². The van der Waals surface area contributed by atoms with E-state index in [1.54, 1.807) is 6.33 Å². The number of thioether (sulfide) groups is 1. The number of aryl methyl sites for hydroxylation is 2. The van der Waals surface area contributed by atoms with E-state index >= 15 is 0 Å². The number of aliphatic hydroxyl groups is 1. The first kappa shape index (κ1) is 14.9. The van der Waals surface area contributed by atoms with Gasteiger partial charge in [0.15, 0.2) is 5.16 Å². The van der Waals surface area contributed by atoms with Crippen LogP contribution in [-0.4, -0.2) is 38.3 Å². The molecule has 6 heteroatoms. The Labute approximate surface area is 123 Å². The molecule has 0 aliphatic heterocycles. The van der Waals surface area contributed by atoms with E-state index in [2.05, 4.69) is 17.1 Å². The van der Waals surface area contributed by atoms with E-state index in [9.17, 15) is 5.11 Å².